The van der Waals surface area contributed by atoms with Crippen LogP contribution in [0.25, 0.3) is 5.70 Å². The molecule has 0 unspecified atom stereocenters. The number of hydrogen-bond donors (Lipinski definition) is 3. The van der Waals surface area contributed by atoms with Crippen LogP contribution in [0.15, 0.2) is 35.3 Å². The summed E-state index contributed by atoms with van der Waals surface area (Å²) in [5, 5.41) is 11.6. The van der Waals surface area contributed by atoms with Gasteiger partial charge in [0.2, 0.25) is 0 Å². The quantitative estimate of drug-likeness (QED) is 0.518. The molecular formula is C24H43N3O3. The first-order chi connectivity index (χ1) is 14.3. The Morgan fingerprint density at radius 2 is 1.80 bits per heavy atom. The van der Waals surface area contributed by atoms with E-state index in [4.69, 9.17) is 10.8 Å². The minimum absolute atomic E-state index is 0.0393. The van der Waals surface area contributed by atoms with E-state index in [9.17, 15) is 4.79 Å². The van der Waals surface area contributed by atoms with Crippen molar-refractivity contribution in [3.05, 3.63) is 41.5 Å². The molecule has 0 saturated carbocycles. The Bertz CT molecular complexity index is 625. The van der Waals surface area contributed by atoms with Crippen LogP contribution < -0.4 is 11.1 Å². The van der Waals surface area contributed by atoms with E-state index in [1.165, 1.54) is 13.5 Å². The number of aliphatic hydroxyl groups is 1. The molecule has 0 aliphatic heterocycles. The van der Waals surface area contributed by atoms with Crippen molar-refractivity contribution in [2.24, 2.45) is 10.7 Å². The normalized spacial score (nSPS) is 13.1. The predicted molar refractivity (Wildman–Crippen MR) is 129 cm³/mol. The second kappa shape index (κ2) is 18.8. The molecular weight excluding hydrogens is 378 g/mol. The number of nitrogens with two attached hydrogens (primary N) is 1. The summed E-state index contributed by atoms with van der Waals surface area (Å²) in [6.07, 6.45) is 4.03. The summed E-state index contributed by atoms with van der Waals surface area (Å²) in [4.78, 5) is 15.9. The highest BCUT2D eigenvalue weighted by molar-refractivity contribution is 5.93. The summed E-state index contributed by atoms with van der Waals surface area (Å²) in [6, 6.07) is 7.80. The van der Waals surface area contributed by atoms with Crippen LogP contribution in [0.4, 0.5) is 4.79 Å². The lowest BCUT2D eigenvalue weighted by Gasteiger charge is -2.14. The standard InChI is InChI=1S/C19H29N3O3.C3H8.C2H6/c1-5-18(21-13(2)14(3)22-19(24)25-4)16-8-6-15(7-9-16)12-17(20)10-11-23;1-3-2;1-2/h5-9,14,17,23H,10-12,20H2,1-4H3,(H,22,24);3H2,1-2H3;1-2H3/b18-5-,21-13?;;/t14-,17-;;/m1../s1. The average molecular weight is 422 g/mol. The molecule has 30 heavy (non-hydrogen) atoms. The van der Waals surface area contributed by atoms with E-state index in [0.29, 0.717) is 6.42 Å². The molecule has 6 nitrogen and oxygen atoms in total. The Morgan fingerprint density at radius 1 is 1.27 bits per heavy atom. The van der Waals surface area contributed by atoms with Crippen molar-refractivity contribution >= 4 is 17.5 Å². The largest absolute Gasteiger partial charge is 0.453 e. The lowest BCUT2D eigenvalue weighted by Crippen LogP contribution is -2.37. The highest BCUT2D eigenvalue weighted by Crippen LogP contribution is 2.18. The number of ether oxygens (including phenoxy) is 1. The van der Waals surface area contributed by atoms with Gasteiger partial charge in [-0.3, -0.25) is 4.99 Å². The number of alkyl carbamates (subject to hydrolysis) is 1. The second-order valence-electron chi connectivity index (χ2n) is 6.67. The molecule has 0 heterocycles. The molecule has 1 rings (SSSR count). The van der Waals surface area contributed by atoms with Crippen LogP contribution in [0.2, 0.25) is 0 Å². The molecule has 0 aromatic heterocycles. The summed E-state index contributed by atoms with van der Waals surface area (Å²) >= 11 is 0. The summed E-state index contributed by atoms with van der Waals surface area (Å²) in [7, 11) is 1.33. The minimum atomic E-state index is -0.479. The number of rotatable bonds is 8. The van der Waals surface area contributed by atoms with Crippen molar-refractivity contribution in [2.45, 2.75) is 79.8 Å². The summed E-state index contributed by atoms with van der Waals surface area (Å²) in [6.45, 7) is 14.0. The Kier molecular flexibility index (Phi) is 18.8. The van der Waals surface area contributed by atoms with Crippen molar-refractivity contribution in [1.82, 2.24) is 5.32 Å². The molecule has 0 saturated heterocycles. The number of amides is 1. The van der Waals surface area contributed by atoms with E-state index >= 15 is 0 Å². The molecule has 0 fully saturated rings. The fourth-order valence-corrected chi connectivity index (χ4v) is 2.30. The molecule has 1 aromatic rings. The smallest absolute Gasteiger partial charge is 0.407 e. The minimum Gasteiger partial charge on any atom is -0.453 e. The van der Waals surface area contributed by atoms with E-state index in [1.54, 1.807) is 0 Å². The van der Waals surface area contributed by atoms with Gasteiger partial charge in [0, 0.05) is 18.4 Å². The Morgan fingerprint density at radius 3 is 2.23 bits per heavy atom. The molecule has 1 amide bonds. The van der Waals surface area contributed by atoms with Gasteiger partial charge in [0.05, 0.1) is 18.8 Å². The first-order valence-electron chi connectivity index (χ1n) is 10.8. The van der Waals surface area contributed by atoms with Crippen LogP contribution in [0.5, 0.6) is 0 Å². The van der Waals surface area contributed by atoms with Gasteiger partial charge in [0.1, 0.15) is 0 Å². The van der Waals surface area contributed by atoms with Gasteiger partial charge in [-0.1, -0.05) is 64.5 Å². The number of hydrogen-bond acceptors (Lipinski definition) is 5. The van der Waals surface area contributed by atoms with Crippen molar-refractivity contribution in [3.63, 3.8) is 0 Å². The number of carbonyl (C=O) groups excluding carboxylic acids is 1. The first kappa shape index (κ1) is 30.0. The van der Waals surface area contributed by atoms with Gasteiger partial charge in [-0.15, -0.1) is 0 Å². The van der Waals surface area contributed by atoms with Gasteiger partial charge in [-0.05, 0) is 44.7 Å². The number of carbonyl (C=O) groups is 1. The maximum Gasteiger partial charge on any atom is 0.407 e. The third kappa shape index (κ3) is 13.1. The molecule has 0 aliphatic rings. The Hall–Kier alpha value is -2.18. The van der Waals surface area contributed by atoms with Crippen molar-refractivity contribution in [2.75, 3.05) is 13.7 Å². The van der Waals surface area contributed by atoms with E-state index in [0.717, 1.165) is 29.0 Å². The second-order valence-corrected chi connectivity index (χ2v) is 6.67. The molecule has 172 valence electrons. The van der Waals surface area contributed by atoms with Crippen LogP contribution in [-0.2, 0) is 11.2 Å². The monoisotopic (exact) mass is 421 g/mol. The van der Waals surface area contributed by atoms with Crippen LogP contribution in [0.3, 0.4) is 0 Å². The third-order valence-corrected chi connectivity index (χ3v) is 3.96. The van der Waals surface area contributed by atoms with E-state index < -0.39 is 6.09 Å². The zero-order chi connectivity index (χ0) is 23.5. The van der Waals surface area contributed by atoms with Gasteiger partial charge in [0.15, 0.2) is 0 Å². The number of methoxy groups -OCH3 is 1. The topological polar surface area (TPSA) is 96.9 Å². The van der Waals surface area contributed by atoms with Crippen LogP contribution in [-0.4, -0.2) is 42.7 Å². The number of nitrogens with zero attached hydrogens (tertiary/aromatic N) is 1. The lowest BCUT2D eigenvalue weighted by molar-refractivity contribution is 0.170. The Labute approximate surface area is 183 Å². The predicted octanol–water partition coefficient (Wildman–Crippen LogP) is 4.95. The highest BCUT2D eigenvalue weighted by Gasteiger charge is 2.11. The zero-order valence-electron chi connectivity index (χ0n) is 20.2. The number of aliphatic hydroxyl groups excluding tert-OH is 1. The van der Waals surface area contributed by atoms with Crippen LogP contribution >= 0.6 is 0 Å². The highest BCUT2D eigenvalue weighted by atomic mass is 16.5. The SMILES string of the molecule is C/C=C(\N=C(C)[C@@H](C)NC(=O)OC)c1ccc(C[C@H](N)CCO)cc1.CC.CCC. The van der Waals surface area contributed by atoms with Crippen LogP contribution in [0, 0.1) is 0 Å². The summed E-state index contributed by atoms with van der Waals surface area (Å²) < 4.78 is 4.60. The number of nitrogens with one attached hydrogen (secondary N) is 1. The molecule has 6 heteroatoms. The molecule has 1 aromatic carbocycles. The van der Waals surface area contributed by atoms with E-state index in [-0.39, 0.29) is 18.7 Å². The van der Waals surface area contributed by atoms with Crippen LogP contribution in [0.1, 0.15) is 72.4 Å². The molecule has 0 aliphatic carbocycles. The molecule has 0 radical (unpaired) electrons. The van der Waals surface area contributed by atoms with Crippen molar-refractivity contribution < 1.29 is 14.6 Å². The molecule has 4 N–H and O–H groups in total. The zero-order valence-corrected chi connectivity index (χ0v) is 20.2. The van der Waals surface area contributed by atoms with Crippen molar-refractivity contribution in [3.8, 4) is 0 Å². The Balaban J connectivity index is 0. The summed E-state index contributed by atoms with van der Waals surface area (Å²) in [5.74, 6) is 0. The number of allylic oxidation sites excluding steroid dienone is 1. The van der Waals surface area contributed by atoms with Crippen molar-refractivity contribution in [1.29, 1.82) is 0 Å². The molecule has 0 bridgehead atoms. The number of benzene rings is 1. The lowest BCUT2D eigenvalue weighted by atomic mass is 10.0. The third-order valence-electron chi connectivity index (χ3n) is 3.96. The fourth-order valence-electron chi connectivity index (χ4n) is 2.30. The van der Waals surface area contributed by atoms with E-state index in [2.05, 4.69) is 28.9 Å². The fraction of sp³-hybridized carbons (Fsp3) is 0.583. The van der Waals surface area contributed by atoms with Gasteiger partial charge in [0.25, 0.3) is 0 Å². The van der Waals surface area contributed by atoms with Gasteiger partial charge < -0.3 is 20.9 Å². The average Bonchev–Trinajstić information content (AvgIpc) is 2.74. The molecule has 0 spiro atoms. The van der Waals surface area contributed by atoms with Gasteiger partial charge in [-0.2, -0.15) is 0 Å². The van der Waals surface area contributed by atoms with Gasteiger partial charge >= 0.3 is 6.09 Å². The number of aliphatic imine (C=N–C) groups is 1. The van der Waals surface area contributed by atoms with Gasteiger partial charge in [-0.25, -0.2) is 4.79 Å². The first-order valence-corrected chi connectivity index (χ1v) is 10.8. The van der Waals surface area contributed by atoms with E-state index in [1.807, 2.05) is 65.0 Å². The maximum atomic E-state index is 11.3. The summed E-state index contributed by atoms with van der Waals surface area (Å²) in [5.41, 5.74) is 9.69. The maximum absolute atomic E-state index is 11.3. The molecule has 2 atom stereocenters.